The average Bonchev–Trinajstić information content (AvgIpc) is 3.59. The van der Waals surface area contributed by atoms with Crippen LogP contribution in [0, 0.1) is 13.8 Å². The van der Waals surface area contributed by atoms with E-state index in [2.05, 4.69) is 57.2 Å². The summed E-state index contributed by atoms with van der Waals surface area (Å²) < 4.78 is 44.7. The number of halogens is 3. The summed E-state index contributed by atoms with van der Waals surface area (Å²) in [4.78, 5) is 22.4. The molecule has 0 saturated carbocycles. The Labute approximate surface area is 256 Å². The molecule has 2 heterocycles. The fourth-order valence-corrected chi connectivity index (χ4v) is 5.59. The van der Waals surface area contributed by atoms with Crippen LogP contribution in [0.3, 0.4) is 0 Å². The van der Waals surface area contributed by atoms with Crippen molar-refractivity contribution in [3.63, 3.8) is 0 Å². The molecular weight excluding hydrogens is 589 g/mol. The highest BCUT2D eigenvalue weighted by molar-refractivity contribution is 7.07. The molecule has 8 nitrogen and oxygen atoms in total. The normalized spacial score (nSPS) is 12.9. The summed E-state index contributed by atoms with van der Waals surface area (Å²) in [5.41, 5.74) is 6.47. The second-order valence-electron chi connectivity index (χ2n) is 10.7. The third-order valence-corrected chi connectivity index (χ3v) is 7.90. The van der Waals surface area contributed by atoms with Gasteiger partial charge in [0.1, 0.15) is 12.1 Å². The number of aromatic nitrogens is 4. The number of carbonyl (C=O) groups excluding carboxylic acids is 1. The molecule has 1 N–H and O–H groups in total. The topological polar surface area (TPSA) is 86.3 Å². The maximum atomic E-state index is 13.0. The molecule has 0 aliphatic carbocycles. The van der Waals surface area contributed by atoms with Crippen molar-refractivity contribution < 1.29 is 22.7 Å². The van der Waals surface area contributed by atoms with Gasteiger partial charge in [0.25, 0.3) is 0 Å². The SMILES string of the molecule is Cc1ccc(C(C)C)c(-n2c(C)cs/c2=N\C(=O)NC(C)c2ccc(-c3ncn(-c4ccc(OC(F)(F)F)cc4)n3)cc2)c1. The predicted molar refractivity (Wildman–Crippen MR) is 163 cm³/mol. The highest BCUT2D eigenvalue weighted by Crippen LogP contribution is 2.26. The van der Waals surface area contributed by atoms with Gasteiger partial charge in [0, 0.05) is 16.6 Å². The van der Waals surface area contributed by atoms with E-state index in [9.17, 15) is 18.0 Å². The number of ether oxygens (including phenoxy) is 1. The van der Waals surface area contributed by atoms with Crippen molar-refractivity contribution >= 4 is 17.4 Å². The zero-order valence-corrected chi connectivity index (χ0v) is 25.6. The second-order valence-corrected chi connectivity index (χ2v) is 11.5. The molecule has 2 aromatic heterocycles. The lowest BCUT2D eigenvalue weighted by molar-refractivity contribution is -0.274. The van der Waals surface area contributed by atoms with Crippen LogP contribution in [-0.4, -0.2) is 31.7 Å². The van der Waals surface area contributed by atoms with E-state index in [-0.39, 0.29) is 11.8 Å². The summed E-state index contributed by atoms with van der Waals surface area (Å²) in [7, 11) is 0. The Balaban J connectivity index is 1.29. The summed E-state index contributed by atoms with van der Waals surface area (Å²) in [5.74, 6) is 0.426. The largest absolute Gasteiger partial charge is 0.573 e. The van der Waals surface area contributed by atoms with Gasteiger partial charge in [-0.2, -0.15) is 4.99 Å². The quantitative estimate of drug-likeness (QED) is 0.201. The number of nitrogens with zero attached hydrogens (tertiary/aromatic N) is 5. The van der Waals surface area contributed by atoms with Gasteiger partial charge in [-0.1, -0.05) is 50.2 Å². The molecule has 44 heavy (non-hydrogen) atoms. The van der Waals surface area contributed by atoms with Crippen LogP contribution in [-0.2, 0) is 0 Å². The minimum absolute atomic E-state index is 0.305. The third kappa shape index (κ3) is 7.08. The van der Waals surface area contributed by atoms with Crippen LogP contribution < -0.4 is 14.9 Å². The molecule has 0 aliphatic rings. The zero-order chi connectivity index (χ0) is 31.6. The van der Waals surface area contributed by atoms with E-state index in [0.29, 0.717) is 22.2 Å². The maximum absolute atomic E-state index is 13.0. The Morgan fingerprint density at radius 2 is 1.70 bits per heavy atom. The van der Waals surface area contributed by atoms with Crippen molar-refractivity contribution in [1.82, 2.24) is 24.6 Å². The summed E-state index contributed by atoms with van der Waals surface area (Å²) in [6.45, 7) is 10.2. The van der Waals surface area contributed by atoms with Crippen molar-refractivity contribution in [2.75, 3.05) is 0 Å². The van der Waals surface area contributed by atoms with Crippen molar-refractivity contribution in [3.05, 3.63) is 106 Å². The van der Waals surface area contributed by atoms with Crippen LogP contribution in [0.5, 0.6) is 5.75 Å². The van der Waals surface area contributed by atoms with E-state index in [1.807, 2.05) is 55.0 Å². The number of thiazole rings is 1. The van der Waals surface area contributed by atoms with E-state index in [4.69, 9.17) is 0 Å². The van der Waals surface area contributed by atoms with Crippen LogP contribution in [0.4, 0.5) is 18.0 Å². The molecule has 0 bridgehead atoms. The molecule has 0 aliphatic heterocycles. The lowest BCUT2D eigenvalue weighted by Gasteiger charge is -2.16. The van der Waals surface area contributed by atoms with Gasteiger partial charge in [0.2, 0.25) is 0 Å². The van der Waals surface area contributed by atoms with Crippen LogP contribution in [0.1, 0.15) is 55.1 Å². The van der Waals surface area contributed by atoms with Crippen molar-refractivity contribution in [1.29, 1.82) is 0 Å². The molecular formula is C32H31F3N6O2S. The van der Waals surface area contributed by atoms with E-state index in [1.165, 1.54) is 52.2 Å². The number of carbonyl (C=O) groups is 1. The first-order valence-electron chi connectivity index (χ1n) is 13.9. The molecule has 0 saturated heterocycles. The van der Waals surface area contributed by atoms with Crippen LogP contribution in [0.2, 0.25) is 0 Å². The van der Waals surface area contributed by atoms with Gasteiger partial charge >= 0.3 is 12.4 Å². The number of alkyl halides is 3. The molecule has 1 unspecified atom stereocenters. The van der Waals surface area contributed by atoms with Crippen molar-refractivity contribution in [2.45, 2.75) is 52.9 Å². The number of hydrogen-bond acceptors (Lipinski definition) is 5. The molecule has 5 aromatic rings. The smallest absolute Gasteiger partial charge is 0.406 e. The van der Waals surface area contributed by atoms with Crippen LogP contribution >= 0.6 is 11.3 Å². The highest BCUT2D eigenvalue weighted by atomic mass is 32.1. The van der Waals surface area contributed by atoms with E-state index in [1.54, 1.807) is 0 Å². The first-order chi connectivity index (χ1) is 20.9. The fraction of sp³-hybridized carbons (Fsp3) is 0.250. The van der Waals surface area contributed by atoms with E-state index < -0.39 is 12.4 Å². The molecule has 12 heteroatoms. The lowest BCUT2D eigenvalue weighted by atomic mass is 9.99. The summed E-state index contributed by atoms with van der Waals surface area (Å²) in [6, 6.07) is 18.4. The first kappa shape index (κ1) is 30.7. The molecule has 0 fully saturated rings. The zero-order valence-electron chi connectivity index (χ0n) is 24.8. The number of aryl methyl sites for hydroxylation is 2. The van der Waals surface area contributed by atoms with Crippen molar-refractivity contribution in [2.24, 2.45) is 4.99 Å². The van der Waals surface area contributed by atoms with E-state index >= 15 is 0 Å². The minimum atomic E-state index is -4.76. The molecule has 0 spiro atoms. The van der Waals surface area contributed by atoms with Gasteiger partial charge in [-0.15, -0.1) is 29.6 Å². The van der Waals surface area contributed by atoms with Gasteiger partial charge in [0.05, 0.1) is 17.4 Å². The highest BCUT2D eigenvalue weighted by Gasteiger charge is 2.31. The van der Waals surface area contributed by atoms with Gasteiger partial charge in [-0.3, -0.25) is 4.57 Å². The Morgan fingerprint density at radius 1 is 1.00 bits per heavy atom. The lowest BCUT2D eigenvalue weighted by Crippen LogP contribution is -2.27. The minimum Gasteiger partial charge on any atom is -0.406 e. The first-order valence-corrected chi connectivity index (χ1v) is 14.8. The number of hydrogen-bond donors (Lipinski definition) is 1. The van der Waals surface area contributed by atoms with Gasteiger partial charge in [0.15, 0.2) is 10.6 Å². The van der Waals surface area contributed by atoms with Crippen LogP contribution in [0.25, 0.3) is 22.8 Å². The Kier molecular flexibility index (Phi) is 8.73. The fourth-order valence-electron chi connectivity index (χ4n) is 4.73. The van der Waals surface area contributed by atoms with E-state index in [0.717, 1.165) is 28.1 Å². The second kappa shape index (κ2) is 12.5. The maximum Gasteiger partial charge on any atom is 0.573 e. The standard InChI is InChI=1S/C32H31F3N6O2S/c1-19(2)27-15-6-20(3)16-28(27)41-21(4)17-44-31(41)38-30(42)37-22(5)23-7-9-24(10-8-23)29-36-18-40(39-29)25-11-13-26(14-12-25)43-32(33,34)35/h6-19,22H,1-5H3,(H,37,42)/b38-31-. The Morgan fingerprint density at radius 3 is 2.36 bits per heavy atom. The number of amides is 2. The molecule has 2 amide bonds. The summed E-state index contributed by atoms with van der Waals surface area (Å²) in [6.07, 6.45) is -3.28. The number of urea groups is 1. The molecule has 228 valence electrons. The molecule has 0 radical (unpaired) electrons. The Hall–Kier alpha value is -4.71. The van der Waals surface area contributed by atoms with Gasteiger partial charge in [-0.05, 0) is 73.7 Å². The molecule has 5 rings (SSSR count). The predicted octanol–water partition coefficient (Wildman–Crippen LogP) is 7.80. The molecule has 3 aromatic carbocycles. The number of benzene rings is 3. The third-order valence-electron chi connectivity index (χ3n) is 6.96. The monoisotopic (exact) mass is 620 g/mol. The Bertz CT molecular complexity index is 1840. The molecule has 1 atom stereocenters. The summed E-state index contributed by atoms with van der Waals surface area (Å²) >= 11 is 1.42. The summed E-state index contributed by atoms with van der Waals surface area (Å²) in [5, 5.41) is 9.39. The number of rotatable bonds is 7. The number of nitrogens with one attached hydrogen (secondary N) is 1. The van der Waals surface area contributed by atoms with Crippen LogP contribution in [0.15, 0.2) is 83.4 Å². The van der Waals surface area contributed by atoms with Gasteiger partial charge in [-0.25, -0.2) is 14.5 Å². The average molecular weight is 621 g/mol. The van der Waals surface area contributed by atoms with Gasteiger partial charge < -0.3 is 10.1 Å². The van der Waals surface area contributed by atoms with Crippen molar-refractivity contribution in [3.8, 4) is 28.5 Å².